The van der Waals surface area contributed by atoms with Crippen molar-refractivity contribution in [1.82, 2.24) is 4.31 Å². The van der Waals surface area contributed by atoms with E-state index in [-0.39, 0.29) is 17.9 Å². The Labute approximate surface area is 185 Å². The lowest BCUT2D eigenvalue weighted by Crippen LogP contribution is -2.39. The van der Waals surface area contributed by atoms with Crippen molar-refractivity contribution in [3.63, 3.8) is 0 Å². The summed E-state index contributed by atoms with van der Waals surface area (Å²) in [6, 6.07) is 15.9. The van der Waals surface area contributed by atoms with Crippen molar-refractivity contribution in [2.45, 2.75) is 56.4 Å². The summed E-state index contributed by atoms with van der Waals surface area (Å²) < 4.78 is 28.3. The minimum atomic E-state index is -3.51. The van der Waals surface area contributed by atoms with E-state index >= 15 is 0 Å². The lowest BCUT2D eigenvalue weighted by molar-refractivity contribution is -0.120. The molecule has 1 aliphatic carbocycles. The van der Waals surface area contributed by atoms with Crippen LogP contribution in [0.25, 0.3) is 0 Å². The van der Waals surface area contributed by atoms with Crippen LogP contribution < -0.4 is 4.90 Å². The number of nitrogens with zero attached hydrogens (tertiary/aromatic N) is 2. The first kappa shape index (κ1) is 20.7. The van der Waals surface area contributed by atoms with Gasteiger partial charge in [0.25, 0.3) is 0 Å². The number of rotatable bonds is 5. The summed E-state index contributed by atoms with van der Waals surface area (Å²) in [5.41, 5.74) is 3.19. The van der Waals surface area contributed by atoms with Gasteiger partial charge in [0.2, 0.25) is 15.9 Å². The predicted octanol–water partition coefficient (Wildman–Crippen LogP) is 4.02. The standard InChI is InChI=1S/C25H30N2O3S/c1-18-15-22-17-23(9-10-24(22)27(18)25(28)21-7-8-21)31(29,30)26-13-11-20(12-14-26)16-19-5-3-2-4-6-19/h2-6,9-10,17-18,20-21H,7-8,11-16H2,1H3/t18-/m1/s1. The third kappa shape index (κ3) is 4.03. The topological polar surface area (TPSA) is 57.7 Å². The minimum absolute atomic E-state index is 0.0924. The molecular weight excluding hydrogens is 408 g/mol. The number of hydrogen-bond donors (Lipinski definition) is 0. The highest BCUT2D eigenvalue weighted by Gasteiger charge is 2.40. The van der Waals surface area contributed by atoms with Crippen LogP contribution in [0, 0.1) is 11.8 Å². The molecule has 0 N–H and O–H groups in total. The fourth-order valence-corrected chi connectivity index (χ4v) is 6.60. The van der Waals surface area contributed by atoms with Gasteiger partial charge in [-0.2, -0.15) is 4.31 Å². The molecule has 0 bridgehead atoms. The molecule has 0 unspecified atom stereocenters. The van der Waals surface area contributed by atoms with Gasteiger partial charge in [-0.15, -0.1) is 0 Å². The van der Waals surface area contributed by atoms with Crippen molar-refractivity contribution < 1.29 is 13.2 Å². The van der Waals surface area contributed by atoms with Crippen LogP contribution in [-0.2, 0) is 27.7 Å². The van der Waals surface area contributed by atoms with E-state index in [4.69, 9.17) is 0 Å². The second-order valence-corrected chi connectivity index (χ2v) is 11.3. The van der Waals surface area contributed by atoms with Gasteiger partial charge in [-0.05, 0) is 80.7 Å². The molecule has 164 valence electrons. The smallest absolute Gasteiger partial charge is 0.243 e. The number of anilines is 1. The molecular formula is C25H30N2O3S. The zero-order valence-electron chi connectivity index (χ0n) is 18.0. The molecule has 6 heteroatoms. The Morgan fingerprint density at radius 1 is 1.00 bits per heavy atom. The van der Waals surface area contributed by atoms with E-state index in [0.29, 0.717) is 23.9 Å². The predicted molar refractivity (Wildman–Crippen MR) is 121 cm³/mol. The van der Waals surface area contributed by atoms with Gasteiger partial charge in [-0.1, -0.05) is 30.3 Å². The van der Waals surface area contributed by atoms with Crippen LogP contribution in [-0.4, -0.2) is 37.8 Å². The molecule has 2 heterocycles. The van der Waals surface area contributed by atoms with Gasteiger partial charge in [0, 0.05) is 30.7 Å². The molecule has 0 radical (unpaired) electrons. The molecule has 2 aromatic carbocycles. The normalized spacial score (nSPS) is 22.5. The second kappa shape index (κ2) is 8.06. The van der Waals surface area contributed by atoms with Crippen LogP contribution in [0.15, 0.2) is 53.4 Å². The summed E-state index contributed by atoms with van der Waals surface area (Å²) in [7, 11) is -3.51. The largest absolute Gasteiger partial charge is 0.309 e. The van der Waals surface area contributed by atoms with E-state index in [1.54, 1.807) is 16.4 Å². The molecule has 0 aromatic heterocycles. The molecule has 1 saturated carbocycles. The van der Waals surface area contributed by atoms with Crippen molar-refractivity contribution in [1.29, 1.82) is 0 Å². The lowest BCUT2D eigenvalue weighted by atomic mass is 9.91. The molecule has 2 aliphatic heterocycles. The molecule has 1 saturated heterocycles. The minimum Gasteiger partial charge on any atom is -0.309 e. The summed E-state index contributed by atoms with van der Waals surface area (Å²) in [5, 5.41) is 0. The monoisotopic (exact) mass is 438 g/mol. The first-order valence-electron chi connectivity index (χ1n) is 11.4. The van der Waals surface area contributed by atoms with E-state index in [2.05, 4.69) is 24.3 Å². The number of hydrogen-bond acceptors (Lipinski definition) is 3. The van der Waals surface area contributed by atoms with Crippen molar-refractivity contribution in [2.75, 3.05) is 18.0 Å². The molecule has 1 atom stereocenters. The highest BCUT2D eigenvalue weighted by atomic mass is 32.2. The first-order valence-corrected chi connectivity index (χ1v) is 12.9. The highest BCUT2D eigenvalue weighted by Crippen LogP contribution is 2.40. The first-order chi connectivity index (χ1) is 14.9. The van der Waals surface area contributed by atoms with Gasteiger partial charge in [0.1, 0.15) is 0 Å². The van der Waals surface area contributed by atoms with Crippen LogP contribution in [0.3, 0.4) is 0 Å². The zero-order valence-corrected chi connectivity index (χ0v) is 18.9. The molecule has 5 nitrogen and oxygen atoms in total. The number of sulfonamides is 1. The highest BCUT2D eigenvalue weighted by molar-refractivity contribution is 7.89. The third-order valence-corrected chi connectivity index (χ3v) is 8.90. The van der Waals surface area contributed by atoms with Gasteiger partial charge in [-0.3, -0.25) is 4.79 Å². The van der Waals surface area contributed by atoms with E-state index < -0.39 is 10.0 Å². The van der Waals surface area contributed by atoms with Crippen LogP contribution in [0.5, 0.6) is 0 Å². The van der Waals surface area contributed by atoms with Gasteiger partial charge in [0.15, 0.2) is 0 Å². The van der Waals surface area contributed by atoms with E-state index in [1.165, 1.54) is 5.56 Å². The van der Waals surface area contributed by atoms with Crippen LogP contribution in [0.4, 0.5) is 5.69 Å². The van der Waals surface area contributed by atoms with E-state index in [9.17, 15) is 13.2 Å². The van der Waals surface area contributed by atoms with Gasteiger partial charge in [-0.25, -0.2) is 8.42 Å². The van der Waals surface area contributed by atoms with Crippen LogP contribution in [0.1, 0.15) is 43.7 Å². The molecule has 2 aromatic rings. The average molecular weight is 439 g/mol. The SMILES string of the molecule is C[C@@H]1Cc2cc(S(=O)(=O)N3CCC(Cc4ccccc4)CC3)ccc2N1C(=O)C1CC1. The summed E-state index contributed by atoms with van der Waals surface area (Å²) in [4.78, 5) is 14.9. The van der Waals surface area contributed by atoms with Crippen molar-refractivity contribution in [2.24, 2.45) is 11.8 Å². The number of carbonyl (C=O) groups excluding carboxylic acids is 1. The number of benzene rings is 2. The maximum atomic E-state index is 13.3. The molecule has 5 rings (SSSR count). The summed E-state index contributed by atoms with van der Waals surface area (Å²) in [5.74, 6) is 0.882. The zero-order chi connectivity index (χ0) is 21.6. The van der Waals surface area contributed by atoms with E-state index in [0.717, 1.165) is 49.8 Å². The quantitative estimate of drug-likeness (QED) is 0.709. The summed E-state index contributed by atoms with van der Waals surface area (Å²) in [6.07, 6.45) is 5.46. The Balaban J connectivity index is 1.28. The summed E-state index contributed by atoms with van der Waals surface area (Å²) in [6.45, 7) is 3.19. The number of piperidine rings is 1. The van der Waals surface area contributed by atoms with Crippen molar-refractivity contribution >= 4 is 21.6 Å². The Morgan fingerprint density at radius 3 is 2.39 bits per heavy atom. The molecule has 2 fully saturated rings. The van der Waals surface area contributed by atoms with Crippen LogP contribution >= 0.6 is 0 Å². The second-order valence-electron chi connectivity index (χ2n) is 9.36. The molecule has 3 aliphatic rings. The Hall–Kier alpha value is -2.18. The molecule has 31 heavy (non-hydrogen) atoms. The Bertz CT molecular complexity index is 1070. The van der Waals surface area contributed by atoms with Gasteiger partial charge in [0.05, 0.1) is 4.90 Å². The fraction of sp³-hybridized carbons (Fsp3) is 0.480. The van der Waals surface area contributed by atoms with Crippen LogP contribution in [0.2, 0.25) is 0 Å². The fourth-order valence-electron chi connectivity index (χ4n) is 5.08. The maximum absolute atomic E-state index is 13.3. The lowest BCUT2D eigenvalue weighted by Gasteiger charge is -2.31. The Morgan fingerprint density at radius 2 is 1.71 bits per heavy atom. The third-order valence-electron chi connectivity index (χ3n) is 7.01. The summed E-state index contributed by atoms with van der Waals surface area (Å²) >= 11 is 0. The Kier molecular flexibility index (Phi) is 5.39. The molecule has 1 amide bonds. The number of fused-ring (bicyclic) bond motifs is 1. The van der Waals surface area contributed by atoms with Crippen molar-refractivity contribution in [3.05, 3.63) is 59.7 Å². The molecule has 0 spiro atoms. The number of carbonyl (C=O) groups is 1. The van der Waals surface area contributed by atoms with Gasteiger partial charge >= 0.3 is 0 Å². The van der Waals surface area contributed by atoms with E-state index in [1.807, 2.05) is 24.0 Å². The average Bonchev–Trinajstić information content (AvgIpc) is 3.56. The van der Waals surface area contributed by atoms with Gasteiger partial charge < -0.3 is 4.90 Å². The maximum Gasteiger partial charge on any atom is 0.243 e. The van der Waals surface area contributed by atoms with Crippen molar-refractivity contribution in [3.8, 4) is 0 Å². The number of amides is 1.